The molecule has 1 heterocycles. The first-order valence-corrected chi connectivity index (χ1v) is 9.17. The number of hydrogen-bond acceptors (Lipinski definition) is 4. The molecule has 1 atom stereocenters. The summed E-state index contributed by atoms with van der Waals surface area (Å²) in [5.41, 5.74) is 1.22. The number of methoxy groups -OCH3 is 1. The van der Waals surface area contributed by atoms with Crippen LogP contribution in [0.25, 0.3) is 0 Å². The minimum Gasteiger partial charge on any atom is -0.495 e. The van der Waals surface area contributed by atoms with E-state index in [1.165, 1.54) is 6.07 Å². The van der Waals surface area contributed by atoms with Crippen LogP contribution in [-0.4, -0.2) is 44.2 Å². The number of nitrogens with zero attached hydrogens (tertiary/aromatic N) is 1. The maximum atomic E-state index is 14.0. The number of carbonyl (C=O) groups is 1. The molecule has 1 saturated heterocycles. The van der Waals surface area contributed by atoms with E-state index in [4.69, 9.17) is 21.1 Å². The summed E-state index contributed by atoms with van der Waals surface area (Å²) >= 11 is 6.01. The SMILES string of the molecule is COc1ccc(Cl)cc1NCCC(=O)N1CCOC(c2ccccc2F)C1. The molecule has 0 saturated carbocycles. The number of carbonyl (C=O) groups excluding carboxylic acids is 1. The van der Waals surface area contributed by atoms with Gasteiger partial charge < -0.3 is 19.7 Å². The Morgan fingerprint density at radius 2 is 2.19 bits per heavy atom. The van der Waals surface area contributed by atoms with Gasteiger partial charge in [-0.3, -0.25) is 4.79 Å². The average Bonchev–Trinajstić information content (AvgIpc) is 2.68. The monoisotopic (exact) mass is 392 g/mol. The van der Waals surface area contributed by atoms with Crippen molar-refractivity contribution in [1.82, 2.24) is 4.90 Å². The summed E-state index contributed by atoms with van der Waals surface area (Å²) < 4.78 is 24.9. The van der Waals surface area contributed by atoms with Gasteiger partial charge in [0.15, 0.2) is 0 Å². The third-order valence-corrected chi connectivity index (χ3v) is 4.72. The highest BCUT2D eigenvalue weighted by molar-refractivity contribution is 6.30. The summed E-state index contributed by atoms with van der Waals surface area (Å²) in [6.45, 7) is 1.68. The number of anilines is 1. The summed E-state index contributed by atoms with van der Waals surface area (Å²) in [6.07, 6.45) is -0.135. The number of halogens is 2. The smallest absolute Gasteiger partial charge is 0.224 e. The van der Waals surface area contributed by atoms with Crippen molar-refractivity contribution in [1.29, 1.82) is 0 Å². The maximum Gasteiger partial charge on any atom is 0.224 e. The van der Waals surface area contributed by atoms with Crippen molar-refractivity contribution < 1.29 is 18.7 Å². The molecule has 1 aliphatic heterocycles. The molecule has 144 valence electrons. The minimum absolute atomic E-state index is 0.00636. The Kier molecular flexibility index (Phi) is 6.53. The second-order valence-electron chi connectivity index (χ2n) is 6.24. The Hall–Kier alpha value is -2.31. The van der Waals surface area contributed by atoms with E-state index in [0.29, 0.717) is 49.0 Å². The predicted octanol–water partition coefficient (Wildman–Crippen LogP) is 3.89. The largest absolute Gasteiger partial charge is 0.495 e. The van der Waals surface area contributed by atoms with Crippen LogP contribution in [0.1, 0.15) is 18.1 Å². The first-order chi connectivity index (χ1) is 13.1. The van der Waals surface area contributed by atoms with Gasteiger partial charge in [-0.2, -0.15) is 0 Å². The highest BCUT2D eigenvalue weighted by Crippen LogP contribution is 2.28. The molecule has 2 aromatic rings. The van der Waals surface area contributed by atoms with E-state index in [9.17, 15) is 9.18 Å². The topological polar surface area (TPSA) is 50.8 Å². The first kappa shape index (κ1) is 19.5. The number of nitrogens with one attached hydrogen (secondary N) is 1. The summed E-state index contributed by atoms with van der Waals surface area (Å²) in [7, 11) is 1.58. The van der Waals surface area contributed by atoms with Gasteiger partial charge in [-0.1, -0.05) is 29.8 Å². The van der Waals surface area contributed by atoms with Gasteiger partial charge in [0.25, 0.3) is 0 Å². The van der Waals surface area contributed by atoms with E-state index < -0.39 is 6.10 Å². The van der Waals surface area contributed by atoms with Gasteiger partial charge in [0, 0.05) is 30.1 Å². The fourth-order valence-corrected chi connectivity index (χ4v) is 3.25. The quantitative estimate of drug-likeness (QED) is 0.810. The van der Waals surface area contributed by atoms with E-state index in [1.807, 2.05) is 0 Å². The van der Waals surface area contributed by atoms with E-state index in [2.05, 4.69) is 5.32 Å². The van der Waals surface area contributed by atoms with E-state index >= 15 is 0 Å². The van der Waals surface area contributed by atoms with Crippen LogP contribution < -0.4 is 10.1 Å². The van der Waals surface area contributed by atoms with Gasteiger partial charge in [-0.15, -0.1) is 0 Å². The molecule has 0 aromatic heterocycles. The molecule has 2 aromatic carbocycles. The Morgan fingerprint density at radius 1 is 1.37 bits per heavy atom. The molecule has 27 heavy (non-hydrogen) atoms. The third-order valence-electron chi connectivity index (χ3n) is 4.49. The summed E-state index contributed by atoms with van der Waals surface area (Å²) in [5, 5.41) is 3.77. The minimum atomic E-state index is -0.440. The van der Waals surface area contributed by atoms with Crippen molar-refractivity contribution in [3.05, 3.63) is 58.9 Å². The lowest BCUT2D eigenvalue weighted by Crippen LogP contribution is -2.42. The van der Waals surface area contributed by atoms with Gasteiger partial charge >= 0.3 is 0 Å². The van der Waals surface area contributed by atoms with Crippen LogP contribution in [0, 0.1) is 5.82 Å². The van der Waals surface area contributed by atoms with Gasteiger partial charge in [0.1, 0.15) is 17.7 Å². The highest BCUT2D eigenvalue weighted by atomic mass is 35.5. The van der Waals surface area contributed by atoms with Crippen molar-refractivity contribution in [2.24, 2.45) is 0 Å². The molecule has 1 fully saturated rings. The van der Waals surface area contributed by atoms with Gasteiger partial charge in [-0.25, -0.2) is 4.39 Å². The van der Waals surface area contributed by atoms with Crippen LogP contribution in [0.5, 0.6) is 5.75 Å². The maximum absolute atomic E-state index is 14.0. The normalized spacial score (nSPS) is 16.9. The molecular weight excluding hydrogens is 371 g/mol. The highest BCUT2D eigenvalue weighted by Gasteiger charge is 2.26. The van der Waals surface area contributed by atoms with E-state index in [0.717, 1.165) is 5.69 Å². The molecule has 0 radical (unpaired) electrons. The van der Waals surface area contributed by atoms with Crippen LogP contribution in [0.4, 0.5) is 10.1 Å². The molecule has 7 heteroatoms. The van der Waals surface area contributed by atoms with Crippen LogP contribution >= 0.6 is 11.6 Å². The Labute approximate surface area is 163 Å². The molecule has 1 amide bonds. The second-order valence-corrected chi connectivity index (χ2v) is 6.68. The summed E-state index contributed by atoms with van der Waals surface area (Å²) in [5.74, 6) is 0.345. The van der Waals surface area contributed by atoms with Crippen molar-refractivity contribution in [2.75, 3.05) is 38.7 Å². The number of benzene rings is 2. The van der Waals surface area contributed by atoms with Crippen molar-refractivity contribution in [2.45, 2.75) is 12.5 Å². The second kappa shape index (κ2) is 9.06. The van der Waals surface area contributed by atoms with Crippen LogP contribution in [0.2, 0.25) is 5.02 Å². The number of morpholine rings is 1. The van der Waals surface area contributed by atoms with Crippen molar-refractivity contribution >= 4 is 23.2 Å². The fraction of sp³-hybridized carbons (Fsp3) is 0.350. The molecule has 0 spiro atoms. The molecule has 1 unspecified atom stereocenters. The molecule has 0 bridgehead atoms. The van der Waals surface area contributed by atoms with E-state index in [-0.39, 0.29) is 11.7 Å². The first-order valence-electron chi connectivity index (χ1n) is 8.79. The van der Waals surface area contributed by atoms with Gasteiger partial charge in [0.05, 0.1) is 25.9 Å². The zero-order chi connectivity index (χ0) is 19.2. The standard InChI is InChI=1S/C20H22ClFN2O3/c1-26-18-7-6-14(21)12-17(18)23-9-8-20(25)24-10-11-27-19(13-24)15-4-2-3-5-16(15)22/h2-7,12,19,23H,8-11,13H2,1H3. The molecule has 1 aliphatic rings. The van der Waals surface area contributed by atoms with Gasteiger partial charge in [-0.05, 0) is 24.3 Å². The molecule has 0 aliphatic carbocycles. The Bertz CT molecular complexity index is 803. The molecule has 5 nitrogen and oxygen atoms in total. The zero-order valence-corrected chi connectivity index (χ0v) is 15.8. The van der Waals surface area contributed by atoms with E-state index in [1.54, 1.807) is 48.4 Å². The fourth-order valence-electron chi connectivity index (χ4n) is 3.08. The zero-order valence-electron chi connectivity index (χ0n) is 15.1. The number of hydrogen-bond donors (Lipinski definition) is 1. The lowest BCUT2D eigenvalue weighted by molar-refractivity contribution is -0.138. The summed E-state index contributed by atoms with van der Waals surface area (Å²) in [6, 6.07) is 11.8. The lowest BCUT2D eigenvalue weighted by Gasteiger charge is -2.33. The number of ether oxygens (including phenoxy) is 2. The molecular formula is C20H22ClFN2O3. The summed E-state index contributed by atoms with van der Waals surface area (Å²) in [4.78, 5) is 14.3. The number of amides is 1. The van der Waals surface area contributed by atoms with Gasteiger partial charge in [0.2, 0.25) is 5.91 Å². The molecule has 3 rings (SSSR count). The Balaban J connectivity index is 1.55. The lowest BCUT2D eigenvalue weighted by atomic mass is 10.1. The number of rotatable bonds is 6. The van der Waals surface area contributed by atoms with Crippen LogP contribution in [-0.2, 0) is 9.53 Å². The predicted molar refractivity (Wildman–Crippen MR) is 103 cm³/mol. The molecule has 1 N–H and O–H groups in total. The van der Waals surface area contributed by atoms with Crippen LogP contribution in [0.3, 0.4) is 0 Å². The van der Waals surface area contributed by atoms with Crippen molar-refractivity contribution in [3.8, 4) is 5.75 Å². The Morgan fingerprint density at radius 3 is 2.96 bits per heavy atom. The van der Waals surface area contributed by atoms with Crippen LogP contribution in [0.15, 0.2) is 42.5 Å². The third kappa shape index (κ3) is 4.90. The average molecular weight is 393 g/mol. The van der Waals surface area contributed by atoms with Crippen molar-refractivity contribution in [3.63, 3.8) is 0 Å².